The Morgan fingerprint density at radius 2 is 1.30 bits per heavy atom. The minimum absolute atomic E-state index is 0.0809. The van der Waals surface area contributed by atoms with E-state index in [1.807, 2.05) is 0 Å². The summed E-state index contributed by atoms with van der Waals surface area (Å²) in [5.41, 5.74) is -4.75. The van der Waals surface area contributed by atoms with Crippen molar-refractivity contribution in [2.75, 3.05) is 0 Å². The summed E-state index contributed by atoms with van der Waals surface area (Å²) in [4.78, 5) is 0. The van der Waals surface area contributed by atoms with E-state index in [0.717, 1.165) is 12.8 Å². The summed E-state index contributed by atoms with van der Waals surface area (Å²) in [6.07, 6.45) is -8.06. The second kappa shape index (κ2) is 5.11. The molecule has 2 nitrogen and oxygen atoms in total. The third-order valence-electron chi connectivity index (χ3n) is 4.63. The zero-order valence-electron chi connectivity index (χ0n) is 11.9. The highest BCUT2D eigenvalue weighted by Crippen LogP contribution is 2.44. The van der Waals surface area contributed by atoms with Crippen LogP contribution in [0.15, 0.2) is 18.2 Å². The average molecular weight is 339 g/mol. The van der Waals surface area contributed by atoms with Gasteiger partial charge < -0.3 is 10.4 Å². The lowest BCUT2D eigenvalue weighted by Gasteiger charge is -2.38. The van der Waals surface area contributed by atoms with Crippen LogP contribution in [0.2, 0.25) is 0 Å². The fraction of sp³-hybridized carbons (Fsp3) is 0.600. The van der Waals surface area contributed by atoms with Crippen molar-refractivity contribution in [3.05, 3.63) is 34.9 Å². The van der Waals surface area contributed by atoms with Crippen molar-refractivity contribution in [1.82, 2.24) is 5.32 Å². The van der Waals surface area contributed by atoms with E-state index in [9.17, 15) is 31.4 Å². The number of benzene rings is 1. The lowest BCUT2D eigenvalue weighted by molar-refractivity contribution is -0.143. The highest BCUT2D eigenvalue weighted by Gasteiger charge is 2.45. The smallest absolute Gasteiger partial charge is 0.385 e. The summed E-state index contributed by atoms with van der Waals surface area (Å²) < 4.78 is 77.6. The zero-order valence-corrected chi connectivity index (χ0v) is 11.9. The van der Waals surface area contributed by atoms with Crippen molar-refractivity contribution in [3.8, 4) is 0 Å². The third-order valence-corrected chi connectivity index (χ3v) is 4.63. The number of fused-ring (bicyclic) bond motifs is 2. The molecular weight excluding hydrogens is 324 g/mol. The molecule has 2 N–H and O–H groups in total. The van der Waals surface area contributed by atoms with Gasteiger partial charge in [-0.05, 0) is 49.4 Å². The zero-order chi connectivity index (χ0) is 17.0. The molecule has 2 unspecified atom stereocenters. The van der Waals surface area contributed by atoms with Crippen LogP contribution < -0.4 is 5.32 Å². The maximum Gasteiger partial charge on any atom is 0.416 e. The van der Waals surface area contributed by atoms with Gasteiger partial charge >= 0.3 is 12.4 Å². The van der Waals surface area contributed by atoms with E-state index in [1.165, 1.54) is 0 Å². The Morgan fingerprint density at radius 1 is 0.870 bits per heavy atom. The van der Waals surface area contributed by atoms with Gasteiger partial charge in [0.05, 0.1) is 16.7 Å². The van der Waals surface area contributed by atoms with Crippen molar-refractivity contribution >= 4 is 0 Å². The molecule has 1 aromatic rings. The quantitative estimate of drug-likeness (QED) is 0.763. The number of aliphatic hydroxyl groups is 1. The number of alkyl halides is 6. The van der Waals surface area contributed by atoms with Crippen LogP contribution in [0.3, 0.4) is 0 Å². The van der Waals surface area contributed by atoms with Crippen LogP contribution in [0.25, 0.3) is 0 Å². The molecule has 0 aliphatic carbocycles. The fourth-order valence-corrected chi connectivity index (χ4v) is 3.58. The van der Waals surface area contributed by atoms with Crippen LogP contribution in [-0.4, -0.2) is 17.2 Å². The van der Waals surface area contributed by atoms with E-state index >= 15 is 0 Å². The fourth-order valence-electron chi connectivity index (χ4n) is 3.58. The monoisotopic (exact) mass is 339 g/mol. The first-order chi connectivity index (χ1) is 10.5. The number of piperidine rings is 1. The predicted octanol–water partition coefficient (Wildman–Crippen LogP) is 3.83. The molecule has 0 saturated carbocycles. The third kappa shape index (κ3) is 3.19. The molecule has 0 aromatic heterocycles. The molecular formula is C15H15F6NO. The minimum atomic E-state index is -4.90. The molecule has 2 bridgehead atoms. The van der Waals surface area contributed by atoms with Crippen molar-refractivity contribution in [2.45, 2.75) is 55.7 Å². The van der Waals surface area contributed by atoms with Crippen LogP contribution in [-0.2, 0) is 18.0 Å². The van der Waals surface area contributed by atoms with Crippen molar-refractivity contribution < 1.29 is 31.4 Å². The Kier molecular flexibility index (Phi) is 3.68. The van der Waals surface area contributed by atoms with E-state index in [2.05, 4.69) is 5.32 Å². The van der Waals surface area contributed by atoms with Crippen LogP contribution >= 0.6 is 0 Å². The number of nitrogens with one attached hydrogen (secondary N) is 1. The molecule has 128 valence electrons. The molecule has 23 heavy (non-hydrogen) atoms. The molecule has 1 aromatic carbocycles. The standard InChI is InChI=1S/C15H15F6NO/c16-14(17,18)9-3-8(4-10(5-9)15(19,20)21)13(23)6-11-1-2-12(7-13)22-11/h3-5,11-12,22-23H,1-2,6-7H2. The molecule has 2 aliphatic heterocycles. The van der Waals surface area contributed by atoms with Gasteiger partial charge in [-0.15, -0.1) is 0 Å². The molecule has 2 saturated heterocycles. The van der Waals surface area contributed by atoms with Crippen LogP contribution in [0, 0.1) is 0 Å². The lowest BCUT2D eigenvalue weighted by atomic mass is 9.80. The lowest BCUT2D eigenvalue weighted by Crippen LogP contribution is -2.46. The highest BCUT2D eigenvalue weighted by molar-refractivity contribution is 5.37. The van der Waals surface area contributed by atoms with Gasteiger partial charge in [-0.3, -0.25) is 0 Å². The maximum absolute atomic E-state index is 12.9. The number of halogens is 6. The maximum atomic E-state index is 12.9. The van der Waals surface area contributed by atoms with Gasteiger partial charge in [0, 0.05) is 12.1 Å². The Labute approximate surface area is 128 Å². The van der Waals surface area contributed by atoms with Gasteiger partial charge in [0.2, 0.25) is 0 Å². The van der Waals surface area contributed by atoms with Gasteiger partial charge in [-0.1, -0.05) is 0 Å². The Bertz CT molecular complexity index is 565. The van der Waals surface area contributed by atoms with Crippen molar-refractivity contribution in [2.24, 2.45) is 0 Å². The van der Waals surface area contributed by atoms with Crippen molar-refractivity contribution in [3.63, 3.8) is 0 Å². The summed E-state index contributed by atoms with van der Waals surface area (Å²) in [7, 11) is 0. The van der Waals surface area contributed by atoms with Gasteiger partial charge in [0.25, 0.3) is 0 Å². The van der Waals surface area contributed by atoms with E-state index < -0.39 is 29.1 Å². The van der Waals surface area contributed by atoms with Crippen molar-refractivity contribution in [1.29, 1.82) is 0 Å². The van der Waals surface area contributed by atoms with E-state index in [4.69, 9.17) is 0 Å². The molecule has 0 radical (unpaired) electrons. The summed E-state index contributed by atoms with van der Waals surface area (Å²) in [5.74, 6) is 0. The van der Waals surface area contributed by atoms with Gasteiger partial charge in [0.15, 0.2) is 0 Å². The molecule has 8 heteroatoms. The number of rotatable bonds is 1. The van der Waals surface area contributed by atoms with Crippen LogP contribution in [0.5, 0.6) is 0 Å². The van der Waals surface area contributed by atoms with Gasteiger partial charge in [-0.25, -0.2) is 0 Å². The molecule has 2 fully saturated rings. The van der Waals surface area contributed by atoms with Crippen LogP contribution in [0.1, 0.15) is 42.4 Å². The molecule has 2 aliphatic rings. The first-order valence-electron chi connectivity index (χ1n) is 7.26. The summed E-state index contributed by atoms with van der Waals surface area (Å²) >= 11 is 0. The summed E-state index contributed by atoms with van der Waals surface area (Å²) in [6, 6.07) is 1.20. The van der Waals surface area contributed by atoms with Gasteiger partial charge in [-0.2, -0.15) is 26.3 Å². The highest BCUT2D eigenvalue weighted by atomic mass is 19.4. The Balaban J connectivity index is 2.07. The SMILES string of the molecule is OC1(c2cc(C(F)(F)F)cc(C(F)(F)F)c2)CC2CCC(C1)N2. The molecule has 3 rings (SSSR count). The van der Waals surface area contributed by atoms with E-state index in [-0.39, 0.29) is 36.6 Å². The normalized spacial score (nSPS) is 31.4. The Hall–Kier alpha value is -1.28. The summed E-state index contributed by atoms with van der Waals surface area (Å²) in [6.45, 7) is 0. The first kappa shape index (κ1) is 16.6. The second-order valence-electron chi connectivity index (χ2n) is 6.37. The van der Waals surface area contributed by atoms with Gasteiger partial charge in [0.1, 0.15) is 0 Å². The molecule has 0 amide bonds. The predicted molar refractivity (Wildman–Crippen MR) is 69.5 cm³/mol. The van der Waals surface area contributed by atoms with E-state index in [0.29, 0.717) is 12.1 Å². The molecule has 2 heterocycles. The first-order valence-corrected chi connectivity index (χ1v) is 7.26. The second-order valence-corrected chi connectivity index (χ2v) is 6.37. The van der Waals surface area contributed by atoms with Crippen LogP contribution in [0.4, 0.5) is 26.3 Å². The molecule has 0 spiro atoms. The molecule has 2 atom stereocenters. The summed E-state index contributed by atoms with van der Waals surface area (Å²) in [5, 5.41) is 13.9. The Morgan fingerprint density at radius 3 is 1.70 bits per heavy atom. The number of hydrogen-bond donors (Lipinski definition) is 2. The average Bonchev–Trinajstić information content (AvgIpc) is 2.76. The topological polar surface area (TPSA) is 32.3 Å². The number of hydrogen-bond acceptors (Lipinski definition) is 2. The largest absolute Gasteiger partial charge is 0.416 e. The minimum Gasteiger partial charge on any atom is -0.385 e. The van der Waals surface area contributed by atoms with E-state index in [1.54, 1.807) is 0 Å².